The second-order valence-electron chi connectivity index (χ2n) is 6.95. The highest BCUT2D eigenvalue weighted by molar-refractivity contribution is 6.30. The SMILES string of the molecule is CN1CCCC(Oc2nnc(Cc3ccc(Cl)cc3)c3ccccc23)C1. The quantitative estimate of drug-likeness (QED) is 0.687. The lowest BCUT2D eigenvalue weighted by atomic mass is 10.0. The first-order valence-corrected chi connectivity index (χ1v) is 9.41. The molecule has 1 saturated heterocycles. The van der Waals surface area contributed by atoms with Crippen LogP contribution in [0.15, 0.2) is 48.5 Å². The molecular weight excluding hydrogens is 346 g/mol. The fourth-order valence-electron chi connectivity index (χ4n) is 3.52. The van der Waals surface area contributed by atoms with Crippen LogP contribution in [-0.2, 0) is 6.42 Å². The minimum atomic E-state index is 0.175. The van der Waals surface area contributed by atoms with Crippen molar-refractivity contribution >= 4 is 22.4 Å². The Labute approximate surface area is 158 Å². The molecule has 0 amide bonds. The predicted molar refractivity (Wildman–Crippen MR) is 105 cm³/mol. The molecule has 0 aliphatic carbocycles. The van der Waals surface area contributed by atoms with E-state index in [1.807, 2.05) is 36.4 Å². The second-order valence-corrected chi connectivity index (χ2v) is 7.38. The van der Waals surface area contributed by atoms with Crippen molar-refractivity contribution in [3.05, 3.63) is 64.8 Å². The van der Waals surface area contributed by atoms with E-state index in [1.54, 1.807) is 0 Å². The summed E-state index contributed by atoms with van der Waals surface area (Å²) < 4.78 is 6.23. The Balaban J connectivity index is 1.63. The van der Waals surface area contributed by atoms with Crippen molar-refractivity contribution in [1.82, 2.24) is 15.1 Å². The Bertz CT molecular complexity index is 897. The molecule has 2 aromatic carbocycles. The molecule has 0 radical (unpaired) electrons. The smallest absolute Gasteiger partial charge is 0.241 e. The fourth-order valence-corrected chi connectivity index (χ4v) is 3.65. The monoisotopic (exact) mass is 367 g/mol. The van der Waals surface area contributed by atoms with Crippen LogP contribution in [0, 0.1) is 0 Å². The van der Waals surface area contributed by atoms with E-state index in [-0.39, 0.29) is 6.10 Å². The number of nitrogens with zero attached hydrogens (tertiary/aromatic N) is 3. The Hall–Kier alpha value is -2.17. The molecule has 1 atom stereocenters. The molecule has 3 aromatic rings. The molecule has 1 aliphatic heterocycles. The van der Waals surface area contributed by atoms with Crippen LogP contribution in [-0.4, -0.2) is 41.3 Å². The zero-order chi connectivity index (χ0) is 17.9. The number of fused-ring (bicyclic) bond motifs is 1. The Morgan fingerprint density at radius 3 is 2.62 bits per heavy atom. The lowest BCUT2D eigenvalue weighted by Gasteiger charge is -2.29. The van der Waals surface area contributed by atoms with Gasteiger partial charge in [-0.2, -0.15) is 5.10 Å². The molecule has 1 aromatic heterocycles. The van der Waals surface area contributed by atoms with Crippen LogP contribution in [0.3, 0.4) is 0 Å². The number of rotatable bonds is 4. The molecule has 0 saturated carbocycles. The molecule has 26 heavy (non-hydrogen) atoms. The molecule has 2 heterocycles. The van der Waals surface area contributed by atoms with Crippen molar-refractivity contribution in [3.8, 4) is 5.88 Å². The van der Waals surface area contributed by atoms with Gasteiger partial charge in [-0.3, -0.25) is 0 Å². The minimum absolute atomic E-state index is 0.175. The van der Waals surface area contributed by atoms with E-state index in [0.29, 0.717) is 5.88 Å². The lowest BCUT2D eigenvalue weighted by molar-refractivity contribution is 0.101. The minimum Gasteiger partial charge on any atom is -0.471 e. The summed E-state index contributed by atoms with van der Waals surface area (Å²) >= 11 is 5.99. The number of likely N-dealkylation sites (N-methyl/N-ethyl adjacent to an activating group) is 1. The Morgan fingerprint density at radius 1 is 1.08 bits per heavy atom. The van der Waals surface area contributed by atoms with E-state index >= 15 is 0 Å². The molecule has 1 fully saturated rings. The molecule has 1 unspecified atom stereocenters. The van der Waals surface area contributed by atoms with E-state index < -0.39 is 0 Å². The highest BCUT2D eigenvalue weighted by Gasteiger charge is 2.21. The van der Waals surface area contributed by atoms with Gasteiger partial charge in [0.25, 0.3) is 0 Å². The van der Waals surface area contributed by atoms with Gasteiger partial charge in [-0.05, 0) is 50.2 Å². The third-order valence-corrected chi connectivity index (χ3v) is 5.13. The molecule has 4 rings (SSSR count). The van der Waals surface area contributed by atoms with Gasteiger partial charge in [0.1, 0.15) is 6.10 Å². The Kier molecular flexibility index (Phi) is 5.05. The zero-order valence-electron chi connectivity index (χ0n) is 14.9. The van der Waals surface area contributed by atoms with Gasteiger partial charge in [0.15, 0.2) is 0 Å². The Morgan fingerprint density at radius 2 is 1.85 bits per heavy atom. The van der Waals surface area contributed by atoms with Crippen molar-refractivity contribution in [2.45, 2.75) is 25.4 Å². The molecule has 0 bridgehead atoms. The summed E-state index contributed by atoms with van der Waals surface area (Å²) in [4.78, 5) is 2.30. The van der Waals surface area contributed by atoms with Crippen molar-refractivity contribution in [2.24, 2.45) is 0 Å². The highest BCUT2D eigenvalue weighted by atomic mass is 35.5. The zero-order valence-corrected chi connectivity index (χ0v) is 15.6. The highest BCUT2D eigenvalue weighted by Crippen LogP contribution is 2.28. The number of piperidine rings is 1. The van der Waals surface area contributed by atoms with Crippen molar-refractivity contribution in [2.75, 3.05) is 20.1 Å². The third-order valence-electron chi connectivity index (χ3n) is 4.87. The summed E-state index contributed by atoms with van der Waals surface area (Å²) in [6.07, 6.45) is 3.11. The maximum Gasteiger partial charge on any atom is 0.241 e. The van der Waals surface area contributed by atoms with E-state index in [2.05, 4.69) is 34.3 Å². The molecule has 1 aliphatic rings. The average Bonchev–Trinajstić information content (AvgIpc) is 2.65. The topological polar surface area (TPSA) is 38.2 Å². The predicted octanol–water partition coefficient (Wildman–Crippen LogP) is 4.35. The molecule has 0 N–H and O–H groups in total. The molecule has 5 heteroatoms. The normalized spacial score (nSPS) is 18.2. The summed E-state index contributed by atoms with van der Waals surface area (Å²) in [6.45, 7) is 2.06. The van der Waals surface area contributed by atoms with E-state index in [4.69, 9.17) is 16.3 Å². The van der Waals surface area contributed by atoms with E-state index in [0.717, 1.165) is 59.4 Å². The maximum atomic E-state index is 6.23. The third kappa shape index (κ3) is 3.81. The largest absolute Gasteiger partial charge is 0.471 e. The van der Waals surface area contributed by atoms with Gasteiger partial charge >= 0.3 is 0 Å². The van der Waals surface area contributed by atoms with Gasteiger partial charge in [0.05, 0.1) is 5.69 Å². The summed E-state index contributed by atoms with van der Waals surface area (Å²) in [7, 11) is 2.13. The van der Waals surface area contributed by atoms with E-state index in [1.165, 1.54) is 0 Å². The summed E-state index contributed by atoms with van der Waals surface area (Å²) in [5, 5.41) is 11.8. The number of halogens is 1. The number of aromatic nitrogens is 2. The average molecular weight is 368 g/mol. The summed E-state index contributed by atoms with van der Waals surface area (Å²) in [5.41, 5.74) is 2.12. The lowest BCUT2D eigenvalue weighted by Crippen LogP contribution is -2.38. The van der Waals surface area contributed by atoms with Gasteiger partial charge in [-0.15, -0.1) is 5.10 Å². The number of hydrogen-bond acceptors (Lipinski definition) is 4. The first-order valence-electron chi connectivity index (χ1n) is 9.03. The van der Waals surface area contributed by atoms with Crippen LogP contribution in [0.2, 0.25) is 5.02 Å². The first kappa shape index (κ1) is 17.3. The molecule has 0 spiro atoms. The van der Waals surface area contributed by atoms with Gasteiger partial charge in [0.2, 0.25) is 5.88 Å². The fraction of sp³-hybridized carbons (Fsp3) is 0.333. The van der Waals surface area contributed by atoms with Gasteiger partial charge in [0, 0.05) is 28.8 Å². The molecular formula is C21H22ClN3O. The van der Waals surface area contributed by atoms with Crippen LogP contribution in [0.4, 0.5) is 0 Å². The van der Waals surface area contributed by atoms with Crippen LogP contribution in [0.5, 0.6) is 5.88 Å². The summed E-state index contributed by atoms with van der Waals surface area (Å²) in [6, 6.07) is 16.1. The van der Waals surface area contributed by atoms with Gasteiger partial charge in [-0.1, -0.05) is 41.9 Å². The van der Waals surface area contributed by atoms with Crippen LogP contribution >= 0.6 is 11.6 Å². The number of likely N-dealkylation sites (tertiary alicyclic amines) is 1. The van der Waals surface area contributed by atoms with Crippen LogP contribution in [0.25, 0.3) is 10.8 Å². The van der Waals surface area contributed by atoms with E-state index in [9.17, 15) is 0 Å². The molecule has 4 nitrogen and oxygen atoms in total. The first-order chi connectivity index (χ1) is 12.7. The maximum absolute atomic E-state index is 6.23. The van der Waals surface area contributed by atoms with Crippen molar-refractivity contribution in [1.29, 1.82) is 0 Å². The van der Waals surface area contributed by atoms with Gasteiger partial charge < -0.3 is 9.64 Å². The number of ether oxygens (including phenoxy) is 1. The summed E-state index contributed by atoms with van der Waals surface area (Å²) in [5.74, 6) is 0.640. The van der Waals surface area contributed by atoms with Crippen molar-refractivity contribution < 1.29 is 4.74 Å². The standard InChI is InChI=1S/C21H22ClN3O/c1-25-12-4-5-17(14-25)26-21-19-7-3-2-6-18(19)20(23-24-21)13-15-8-10-16(22)11-9-15/h2-3,6-11,17H,4-5,12-14H2,1H3. The number of benzene rings is 2. The molecule has 134 valence electrons. The second kappa shape index (κ2) is 7.60. The van der Waals surface area contributed by atoms with Crippen LogP contribution in [0.1, 0.15) is 24.1 Å². The number of hydrogen-bond donors (Lipinski definition) is 0. The van der Waals surface area contributed by atoms with Crippen molar-refractivity contribution in [3.63, 3.8) is 0 Å². The van der Waals surface area contributed by atoms with Crippen LogP contribution < -0.4 is 4.74 Å². The van der Waals surface area contributed by atoms with Gasteiger partial charge in [-0.25, -0.2) is 0 Å².